The highest BCUT2D eigenvalue weighted by Crippen LogP contribution is 2.42. The minimum absolute atomic E-state index is 0.914. The minimum Gasteiger partial charge on any atom is -0.155 e. The highest BCUT2D eigenvalue weighted by atomic mass is 15.1. The van der Waals surface area contributed by atoms with Crippen molar-refractivity contribution in [2.45, 2.75) is 96.9 Å². The van der Waals surface area contributed by atoms with Crippen molar-refractivity contribution in [3.05, 3.63) is 78.1 Å². The molecule has 0 saturated carbocycles. The Morgan fingerprint density at radius 2 is 0.474 bits per heavy atom. The molecule has 0 aliphatic carbocycles. The summed E-state index contributed by atoms with van der Waals surface area (Å²) in [6, 6.07) is 0. The summed E-state index contributed by atoms with van der Waals surface area (Å²) in [4.78, 5) is 0. The summed E-state index contributed by atoms with van der Waals surface area (Å²) in [6.07, 6.45) is 0. The molecular weight excluding hydrogens is 464 g/mol. The minimum atomic E-state index is 0.914. The fraction of sp³-hybridized carbons (Fsp3) is 0.412. The van der Waals surface area contributed by atoms with Crippen molar-refractivity contribution in [3.8, 4) is 33.6 Å². The quantitative estimate of drug-likeness (QED) is 0.279. The summed E-state index contributed by atoms with van der Waals surface area (Å²) in [5.74, 6) is 0. The molecule has 2 heterocycles. The Kier molecular flexibility index (Phi) is 7.07. The van der Waals surface area contributed by atoms with E-state index in [1.165, 1.54) is 66.8 Å². The molecule has 0 aliphatic heterocycles. The summed E-state index contributed by atoms with van der Waals surface area (Å²) >= 11 is 0. The van der Waals surface area contributed by atoms with Crippen LogP contribution in [0.5, 0.6) is 0 Å². The summed E-state index contributed by atoms with van der Waals surface area (Å²) in [6.45, 7) is 30.6. The van der Waals surface area contributed by atoms with Gasteiger partial charge in [0.15, 0.2) is 0 Å². The summed E-state index contributed by atoms with van der Waals surface area (Å²) < 4.78 is 0. The van der Waals surface area contributed by atoms with Crippen LogP contribution in [0.4, 0.5) is 0 Å². The van der Waals surface area contributed by atoms with Crippen molar-refractivity contribution in [2.24, 2.45) is 0 Å². The zero-order chi connectivity index (χ0) is 28.4. The van der Waals surface area contributed by atoms with Crippen LogP contribution >= 0.6 is 0 Å². The third-order valence-corrected chi connectivity index (χ3v) is 9.51. The number of nitrogens with zero attached hydrogens (tertiary/aromatic N) is 4. The Labute approximate surface area is 229 Å². The second-order valence-electron chi connectivity index (χ2n) is 11.3. The van der Waals surface area contributed by atoms with Crippen molar-refractivity contribution >= 4 is 0 Å². The molecule has 0 bridgehead atoms. The molecular formula is C34H42N4. The van der Waals surface area contributed by atoms with E-state index in [1.807, 2.05) is 0 Å². The molecule has 0 aliphatic rings. The Balaban J connectivity index is 2.08. The first kappa shape index (κ1) is 27.6. The lowest BCUT2D eigenvalue weighted by Gasteiger charge is -2.23. The van der Waals surface area contributed by atoms with Gasteiger partial charge >= 0.3 is 0 Å². The van der Waals surface area contributed by atoms with Crippen LogP contribution in [-0.4, -0.2) is 20.4 Å². The van der Waals surface area contributed by atoms with Gasteiger partial charge in [0.05, 0.1) is 22.8 Å². The molecule has 4 heteroatoms. The Bertz CT molecular complexity index is 1460. The average Bonchev–Trinajstić information content (AvgIpc) is 2.88. The molecule has 38 heavy (non-hydrogen) atoms. The molecule has 0 amide bonds. The molecule has 0 atom stereocenters. The van der Waals surface area contributed by atoms with E-state index in [9.17, 15) is 0 Å². The van der Waals surface area contributed by atoms with Gasteiger partial charge in [-0.25, -0.2) is 0 Å². The van der Waals surface area contributed by atoms with Gasteiger partial charge in [0.1, 0.15) is 0 Å². The second-order valence-corrected chi connectivity index (χ2v) is 11.3. The van der Waals surface area contributed by atoms with Gasteiger partial charge < -0.3 is 0 Å². The van der Waals surface area contributed by atoms with E-state index in [1.54, 1.807) is 0 Å². The third kappa shape index (κ3) is 3.97. The first-order valence-electron chi connectivity index (χ1n) is 13.5. The average molecular weight is 507 g/mol. The fourth-order valence-corrected chi connectivity index (χ4v) is 6.20. The highest BCUT2D eigenvalue weighted by Gasteiger charge is 2.25. The third-order valence-electron chi connectivity index (χ3n) is 9.51. The maximum Gasteiger partial charge on any atom is 0.0970 e. The summed E-state index contributed by atoms with van der Waals surface area (Å²) in [5, 5.41) is 19.0. The molecule has 0 unspecified atom stereocenters. The van der Waals surface area contributed by atoms with Gasteiger partial charge in [0.2, 0.25) is 0 Å². The topological polar surface area (TPSA) is 51.6 Å². The van der Waals surface area contributed by atoms with Crippen LogP contribution < -0.4 is 0 Å². The number of hydrogen-bond acceptors (Lipinski definition) is 4. The van der Waals surface area contributed by atoms with Crippen molar-refractivity contribution in [2.75, 3.05) is 0 Å². The van der Waals surface area contributed by atoms with Crippen LogP contribution in [0.2, 0.25) is 0 Å². The van der Waals surface area contributed by atoms with E-state index < -0.39 is 0 Å². The molecule has 0 radical (unpaired) electrons. The van der Waals surface area contributed by atoms with E-state index in [0.717, 1.165) is 45.0 Å². The Morgan fingerprint density at radius 1 is 0.237 bits per heavy atom. The van der Waals surface area contributed by atoms with Crippen molar-refractivity contribution in [3.63, 3.8) is 0 Å². The van der Waals surface area contributed by atoms with Crippen LogP contribution in [-0.2, 0) is 0 Å². The van der Waals surface area contributed by atoms with Gasteiger partial charge in [0.25, 0.3) is 0 Å². The molecule has 0 fully saturated rings. The fourth-order valence-electron chi connectivity index (χ4n) is 6.20. The number of rotatable bonds is 3. The monoisotopic (exact) mass is 506 g/mol. The summed E-state index contributed by atoms with van der Waals surface area (Å²) in [7, 11) is 0. The number of hydrogen-bond donors (Lipinski definition) is 0. The van der Waals surface area contributed by atoms with Crippen LogP contribution in [0.25, 0.3) is 33.6 Å². The van der Waals surface area contributed by atoms with Gasteiger partial charge in [-0.15, -0.1) is 10.2 Å². The molecule has 0 saturated heterocycles. The zero-order valence-corrected chi connectivity index (χ0v) is 25.8. The molecule has 4 rings (SSSR count). The summed E-state index contributed by atoms with van der Waals surface area (Å²) in [5.41, 5.74) is 23.7. The first-order valence-corrected chi connectivity index (χ1v) is 13.5. The maximum absolute atomic E-state index is 4.78. The van der Waals surface area contributed by atoms with Crippen molar-refractivity contribution in [1.29, 1.82) is 0 Å². The van der Waals surface area contributed by atoms with Gasteiger partial charge in [-0.2, -0.15) is 10.2 Å². The second kappa shape index (κ2) is 9.72. The Hall–Kier alpha value is -3.40. The number of benzene rings is 2. The standard InChI is InChI=1S/C34H42N4/c1-15-17(3)21(7)29(22(8)18(15)4)33-25(11)31(27(13)35-37-33)32-26(12)34(38-36-28(32)14)30-23(9)19(5)16(2)20(6)24(30)10/h1-14H3. The van der Waals surface area contributed by atoms with E-state index >= 15 is 0 Å². The van der Waals surface area contributed by atoms with Crippen LogP contribution in [0.15, 0.2) is 0 Å². The smallest absolute Gasteiger partial charge is 0.0970 e. The molecule has 4 aromatic rings. The molecule has 0 spiro atoms. The van der Waals surface area contributed by atoms with Gasteiger partial charge in [-0.3, -0.25) is 0 Å². The normalized spacial score (nSPS) is 11.4. The predicted octanol–water partition coefficient (Wildman–Crippen LogP) is 8.59. The van der Waals surface area contributed by atoms with E-state index in [2.05, 4.69) is 96.9 Å². The van der Waals surface area contributed by atoms with Gasteiger partial charge in [0, 0.05) is 22.3 Å². The zero-order valence-electron chi connectivity index (χ0n) is 25.8. The predicted molar refractivity (Wildman–Crippen MR) is 160 cm³/mol. The van der Waals surface area contributed by atoms with E-state index in [0.29, 0.717) is 0 Å². The van der Waals surface area contributed by atoms with Crippen molar-refractivity contribution < 1.29 is 0 Å². The van der Waals surface area contributed by atoms with Crippen molar-refractivity contribution in [1.82, 2.24) is 20.4 Å². The van der Waals surface area contributed by atoms with Crippen LogP contribution in [0.3, 0.4) is 0 Å². The first-order chi connectivity index (χ1) is 17.7. The molecule has 198 valence electrons. The largest absolute Gasteiger partial charge is 0.155 e. The molecule has 4 nitrogen and oxygen atoms in total. The molecule has 2 aromatic heterocycles. The maximum atomic E-state index is 4.78. The van der Waals surface area contributed by atoms with E-state index in [-0.39, 0.29) is 0 Å². The van der Waals surface area contributed by atoms with Crippen LogP contribution in [0.1, 0.15) is 78.1 Å². The van der Waals surface area contributed by atoms with Crippen LogP contribution in [0, 0.1) is 96.9 Å². The van der Waals surface area contributed by atoms with Gasteiger partial charge in [-0.05, 0) is 164 Å². The highest BCUT2D eigenvalue weighted by molar-refractivity contribution is 5.86. The lowest BCUT2D eigenvalue weighted by Crippen LogP contribution is -2.09. The van der Waals surface area contributed by atoms with Gasteiger partial charge in [-0.1, -0.05) is 0 Å². The molecule has 2 aromatic carbocycles. The Morgan fingerprint density at radius 3 is 0.737 bits per heavy atom. The van der Waals surface area contributed by atoms with E-state index in [4.69, 9.17) is 20.4 Å². The molecule has 0 N–H and O–H groups in total. The number of aryl methyl sites for hydroxylation is 2. The lowest BCUT2D eigenvalue weighted by atomic mass is 9.84. The SMILES string of the molecule is Cc1nnc(-c2c(C)c(C)c(C)c(C)c2C)c(C)c1-c1c(C)nnc(-c2c(C)c(C)c(C)c(C)c2C)c1C. The number of aromatic nitrogens is 4. The lowest BCUT2D eigenvalue weighted by molar-refractivity contribution is 0.950.